The first-order chi connectivity index (χ1) is 9.63. The number of carbonyl (C=O) groups excluding carboxylic acids is 2. The zero-order valence-electron chi connectivity index (χ0n) is 12.2. The Morgan fingerprint density at radius 2 is 2.10 bits per heavy atom. The Morgan fingerprint density at radius 3 is 2.75 bits per heavy atom. The summed E-state index contributed by atoms with van der Waals surface area (Å²) in [6, 6.07) is -0.507. The van der Waals surface area contributed by atoms with E-state index in [1.165, 1.54) is 0 Å². The molecule has 0 aromatic carbocycles. The highest BCUT2D eigenvalue weighted by Crippen LogP contribution is 2.19. The van der Waals surface area contributed by atoms with Crippen LogP contribution in [0, 0.1) is 0 Å². The number of methoxy groups -OCH3 is 1. The number of nitrogens with one attached hydrogen (secondary N) is 3. The van der Waals surface area contributed by atoms with Crippen LogP contribution in [0.2, 0.25) is 0 Å². The zero-order chi connectivity index (χ0) is 14.8. The van der Waals surface area contributed by atoms with Gasteiger partial charge in [0.15, 0.2) is 0 Å². The van der Waals surface area contributed by atoms with Crippen LogP contribution >= 0.6 is 11.8 Å². The van der Waals surface area contributed by atoms with Gasteiger partial charge in [-0.2, -0.15) is 0 Å². The number of hydrogen-bond donors (Lipinski definition) is 3. The first-order valence-corrected chi connectivity index (χ1v) is 8.06. The molecule has 0 spiro atoms. The zero-order valence-corrected chi connectivity index (χ0v) is 13.1. The monoisotopic (exact) mass is 303 g/mol. The normalized spacial score (nSPS) is 17.5. The average Bonchev–Trinajstić information content (AvgIpc) is 2.46. The number of carbonyl (C=O) groups is 2. The summed E-state index contributed by atoms with van der Waals surface area (Å²) in [6.07, 6.45) is 2.20. The number of ether oxygens (including phenoxy) is 1. The molecule has 1 aliphatic heterocycles. The van der Waals surface area contributed by atoms with Gasteiger partial charge in [0, 0.05) is 18.9 Å². The van der Waals surface area contributed by atoms with Gasteiger partial charge in [0.1, 0.15) is 6.04 Å². The molecule has 0 aliphatic carbocycles. The summed E-state index contributed by atoms with van der Waals surface area (Å²) >= 11 is 1.68. The van der Waals surface area contributed by atoms with Gasteiger partial charge in [-0.1, -0.05) is 0 Å². The molecule has 1 fully saturated rings. The van der Waals surface area contributed by atoms with Crippen molar-refractivity contribution in [3.8, 4) is 0 Å². The van der Waals surface area contributed by atoms with E-state index in [0.29, 0.717) is 24.2 Å². The van der Waals surface area contributed by atoms with Crippen molar-refractivity contribution >= 4 is 23.6 Å². The molecular weight excluding hydrogens is 278 g/mol. The quantitative estimate of drug-likeness (QED) is 0.538. The van der Waals surface area contributed by atoms with Gasteiger partial charge >= 0.3 is 0 Å². The smallest absolute Gasteiger partial charge is 0.242 e. The van der Waals surface area contributed by atoms with Crippen molar-refractivity contribution in [3.63, 3.8) is 0 Å². The molecule has 20 heavy (non-hydrogen) atoms. The van der Waals surface area contributed by atoms with E-state index >= 15 is 0 Å². The minimum Gasteiger partial charge on any atom is -0.383 e. The van der Waals surface area contributed by atoms with E-state index in [0.717, 1.165) is 25.9 Å². The molecule has 116 valence electrons. The fourth-order valence-corrected chi connectivity index (χ4v) is 2.97. The predicted octanol–water partition coefficient (Wildman–Crippen LogP) is -0.261. The Bertz CT molecular complexity index is 309. The summed E-state index contributed by atoms with van der Waals surface area (Å²) in [5, 5.41) is 9.26. The van der Waals surface area contributed by atoms with Crippen LogP contribution in [0.1, 0.15) is 19.8 Å². The predicted molar refractivity (Wildman–Crippen MR) is 80.8 cm³/mol. The molecule has 0 bridgehead atoms. The highest BCUT2D eigenvalue weighted by atomic mass is 32.2. The van der Waals surface area contributed by atoms with Crippen molar-refractivity contribution in [1.82, 2.24) is 16.0 Å². The second-order valence-corrected chi connectivity index (χ2v) is 6.12. The van der Waals surface area contributed by atoms with E-state index in [9.17, 15) is 9.59 Å². The minimum absolute atomic E-state index is 0.0806. The van der Waals surface area contributed by atoms with Gasteiger partial charge in [-0.05, 0) is 32.9 Å². The SMILES string of the molecule is COCCNC(=O)C(C)NC(=O)CSC1CCNCC1. The van der Waals surface area contributed by atoms with Gasteiger partial charge in [0.25, 0.3) is 0 Å². The van der Waals surface area contributed by atoms with Crippen LogP contribution < -0.4 is 16.0 Å². The molecule has 7 heteroatoms. The Balaban J connectivity index is 2.14. The summed E-state index contributed by atoms with van der Waals surface area (Å²) < 4.78 is 4.85. The van der Waals surface area contributed by atoms with Gasteiger partial charge in [-0.25, -0.2) is 0 Å². The maximum atomic E-state index is 11.8. The molecule has 0 saturated carbocycles. The van der Waals surface area contributed by atoms with Crippen molar-refractivity contribution < 1.29 is 14.3 Å². The number of amides is 2. The van der Waals surface area contributed by atoms with Crippen LogP contribution in [0.25, 0.3) is 0 Å². The number of piperidine rings is 1. The van der Waals surface area contributed by atoms with Crippen LogP contribution in [0.15, 0.2) is 0 Å². The molecule has 1 atom stereocenters. The first kappa shape index (κ1) is 17.3. The molecule has 0 aromatic rings. The van der Waals surface area contributed by atoms with Crippen LogP contribution in [0.3, 0.4) is 0 Å². The fraction of sp³-hybridized carbons (Fsp3) is 0.846. The molecule has 1 aliphatic rings. The average molecular weight is 303 g/mol. The Hall–Kier alpha value is -0.790. The van der Waals surface area contributed by atoms with Crippen LogP contribution in [-0.2, 0) is 14.3 Å². The molecule has 1 heterocycles. The second kappa shape index (κ2) is 10.0. The first-order valence-electron chi connectivity index (χ1n) is 7.01. The molecule has 1 unspecified atom stereocenters. The standard InChI is InChI=1S/C13H25N3O3S/c1-10(13(18)15-7-8-19-2)16-12(17)9-20-11-3-5-14-6-4-11/h10-11,14H,3-9H2,1-2H3,(H,15,18)(H,16,17). The Morgan fingerprint density at radius 1 is 1.40 bits per heavy atom. The van der Waals surface area contributed by atoms with Crippen LogP contribution in [0.5, 0.6) is 0 Å². The van der Waals surface area contributed by atoms with Crippen molar-refractivity contribution in [2.75, 3.05) is 39.1 Å². The van der Waals surface area contributed by atoms with Crippen molar-refractivity contribution in [2.24, 2.45) is 0 Å². The molecule has 0 radical (unpaired) electrons. The highest BCUT2D eigenvalue weighted by Gasteiger charge is 2.18. The van der Waals surface area contributed by atoms with Gasteiger partial charge < -0.3 is 20.7 Å². The van der Waals surface area contributed by atoms with E-state index in [1.54, 1.807) is 25.8 Å². The summed E-state index contributed by atoms with van der Waals surface area (Å²) in [7, 11) is 1.58. The largest absolute Gasteiger partial charge is 0.383 e. The van der Waals surface area contributed by atoms with E-state index < -0.39 is 6.04 Å². The third-order valence-corrected chi connectivity index (χ3v) is 4.48. The third kappa shape index (κ3) is 7.12. The van der Waals surface area contributed by atoms with Gasteiger partial charge in [0.2, 0.25) is 11.8 Å². The molecule has 1 rings (SSSR count). The summed E-state index contributed by atoms with van der Waals surface area (Å²) in [6.45, 7) is 4.67. The van der Waals surface area contributed by atoms with E-state index in [4.69, 9.17) is 4.74 Å². The molecule has 6 nitrogen and oxygen atoms in total. The molecule has 0 aromatic heterocycles. The highest BCUT2D eigenvalue weighted by molar-refractivity contribution is 8.00. The van der Waals surface area contributed by atoms with Crippen molar-refractivity contribution in [1.29, 1.82) is 0 Å². The Kier molecular flexibility index (Phi) is 8.64. The number of hydrogen-bond acceptors (Lipinski definition) is 5. The Labute approximate surface area is 124 Å². The topological polar surface area (TPSA) is 79.5 Å². The van der Waals surface area contributed by atoms with E-state index in [-0.39, 0.29) is 11.8 Å². The van der Waals surface area contributed by atoms with Crippen molar-refractivity contribution in [2.45, 2.75) is 31.1 Å². The fourth-order valence-electron chi connectivity index (χ4n) is 1.93. The number of rotatable bonds is 8. The van der Waals surface area contributed by atoms with Crippen LogP contribution in [0.4, 0.5) is 0 Å². The second-order valence-electron chi connectivity index (χ2n) is 4.83. The van der Waals surface area contributed by atoms with Gasteiger partial charge in [0.05, 0.1) is 12.4 Å². The van der Waals surface area contributed by atoms with Crippen LogP contribution in [-0.4, -0.2) is 62.2 Å². The molecule has 3 N–H and O–H groups in total. The lowest BCUT2D eigenvalue weighted by molar-refractivity contribution is -0.127. The lowest BCUT2D eigenvalue weighted by atomic mass is 10.2. The summed E-state index contributed by atoms with van der Waals surface area (Å²) in [5.74, 6) is 0.158. The maximum Gasteiger partial charge on any atom is 0.242 e. The molecule has 1 saturated heterocycles. The minimum atomic E-state index is -0.507. The van der Waals surface area contributed by atoms with E-state index in [2.05, 4.69) is 16.0 Å². The summed E-state index contributed by atoms with van der Waals surface area (Å²) in [5.41, 5.74) is 0. The third-order valence-electron chi connectivity index (χ3n) is 3.11. The lowest BCUT2D eigenvalue weighted by Gasteiger charge is -2.22. The van der Waals surface area contributed by atoms with Crippen molar-refractivity contribution in [3.05, 3.63) is 0 Å². The lowest BCUT2D eigenvalue weighted by Crippen LogP contribution is -2.46. The molecular formula is C13H25N3O3S. The number of thioether (sulfide) groups is 1. The summed E-state index contributed by atoms with van der Waals surface area (Å²) in [4.78, 5) is 23.4. The molecule has 2 amide bonds. The maximum absolute atomic E-state index is 11.8. The van der Waals surface area contributed by atoms with Gasteiger partial charge in [-0.15, -0.1) is 11.8 Å². The van der Waals surface area contributed by atoms with E-state index in [1.807, 2.05) is 0 Å². The van der Waals surface area contributed by atoms with Gasteiger partial charge in [-0.3, -0.25) is 9.59 Å².